The maximum absolute atomic E-state index is 13.2. The van der Waals surface area contributed by atoms with Gasteiger partial charge in [0.05, 0.1) is 41.0 Å². The van der Waals surface area contributed by atoms with Gasteiger partial charge in [-0.2, -0.15) is 18.3 Å². The number of halogens is 3. The van der Waals surface area contributed by atoms with Crippen molar-refractivity contribution in [3.8, 4) is 0 Å². The zero-order valence-electron chi connectivity index (χ0n) is 19.0. The van der Waals surface area contributed by atoms with E-state index >= 15 is 0 Å². The second kappa shape index (κ2) is 8.12. The lowest BCUT2D eigenvalue weighted by Crippen LogP contribution is -2.26. The van der Waals surface area contributed by atoms with Gasteiger partial charge < -0.3 is 10.1 Å². The highest BCUT2D eigenvalue weighted by atomic mass is 19.4. The number of alkyl halides is 3. The van der Waals surface area contributed by atoms with Crippen LogP contribution in [0.2, 0.25) is 0 Å². The second-order valence-corrected chi connectivity index (χ2v) is 8.74. The topological polar surface area (TPSA) is 74.0 Å². The number of nitrogens with one attached hydrogen (secondary N) is 1. The number of nitrogens with zero attached hydrogens (tertiary/aromatic N) is 4. The molecule has 0 aliphatic carbocycles. The van der Waals surface area contributed by atoms with Crippen LogP contribution in [0.25, 0.3) is 21.8 Å². The first-order chi connectivity index (χ1) is 16.1. The standard InChI is InChI=1S/C24H24F3N5O2/c1-13(15-5-4-6-16(9-15)24(25,26)27)28-22-19-11-21-20(10-18(19)14(2)29-30-22)31(3)23(33)32(21)17-7-8-34-12-17/h4-6,9-11,13,17H,7-8,12H2,1-3H3,(H,28,30). The number of fused-ring (bicyclic) bond motifs is 2. The van der Waals surface area contributed by atoms with Crippen LogP contribution in [0.5, 0.6) is 0 Å². The highest BCUT2D eigenvalue weighted by molar-refractivity contribution is 6.01. The van der Waals surface area contributed by atoms with Crippen molar-refractivity contribution < 1.29 is 17.9 Å². The summed E-state index contributed by atoms with van der Waals surface area (Å²) in [4.78, 5) is 13.0. The molecule has 2 aromatic heterocycles. The molecule has 3 heterocycles. The Balaban J connectivity index is 1.62. The van der Waals surface area contributed by atoms with Gasteiger partial charge in [0.1, 0.15) is 0 Å². The highest BCUT2D eigenvalue weighted by Gasteiger charge is 2.31. The molecule has 0 spiro atoms. The number of hydrogen-bond acceptors (Lipinski definition) is 5. The Morgan fingerprint density at radius 3 is 2.62 bits per heavy atom. The van der Waals surface area contributed by atoms with Gasteiger partial charge in [-0.25, -0.2) is 4.79 Å². The van der Waals surface area contributed by atoms with E-state index in [-0.39, 0.29) is 11.7 Å². The zero-order valence-corrected chi connectivity index (χ0v) is 19.0. The molecular formula is C24H24F3N5O2. The van der Waals surface area contributed by atoms with Crippen LogP contribution in [-0.4, -0.2) is 32.5 Å². The van der Waals surface area contributed by atoms with Crippen LogP contribution in [0.1, 0.15) is 42.2 Å². The summed E-state index contributed by atoms with van der Waals surface area (Å²) >= 11 is 0. The number of hydrogen-bond donors (Lipinski definition) is 1. The first-order valence-corrected chi connectivity index (χ1v) is 11.0. The van der Waals surface area contributed by atoms with Crippen LogP contribution in [0, 0.1) is 6.92 Å². The van der Waals surface area contributed by atoms with Crippen LogP contribution in [0.3, 0.4) is 0 Å². The summed E-state index contributed by atoms with van der Waals surface area (Å²) in [6.07, 6.45) is -3.67. The molecule has 1 fully saturated rings. The van der Waals surface area contributed by atoms with Gasteiger partial charge in [0.2, 0.25) is 0 Å². The van der Waals surface area contributed by atoms with Crippen LogP contribution in [0.15, 0.2) is 41.2 Å². The van der Waals surface area contributed by atoms with Crippen LogP contribution >= 0.6 is 0 Å². The molecule has 0 saturated carbocycles. The van der Waals surface area contributed by atoms with Crippen LogP contribution in [-0.2, 0) is 18.0 Å². The molecule has 2 atom stereocenters. The van der Waals surface area contributed by atoms with Crippen molar-refractivity contribution in [3.05, 3.63) is 63.7 Å². The van der Waals surface area contributed by atoms with Crippen molar-refractivity contribution in [3.63, 3.8) is 0 Å². The summed E-state index contributed by atoms with van der Waals surface area (Å²) in [6, 6.07) is 8.54. The van der Waals surface area contributed by atoms with Crippen molar-refractivity contribution >= 4 is 27.6 Å². The minimum absolute atomic E-state index is 0.0509. The number of anilines is 1. The van der Waals surface area contributed by atoms with E-state index in [1.165, 1.54) is 6.07 Å². The molecule has 0 radical (unpaired) electrons. The van der Waals surface area contributed by atoms with E-state index in [0.717, 1.165) is 40.4 Å². The van der Waals surface area contributed by atoms with Gasteiger partial charge in [0.25, 0.3) is 0 Å². The molecule has 1 N–H and O–H groups in total. The minimum atomic E-state index is -4.42. The quantitative estimate of drug-likeness (QED) is 0.465. The largest absolute Gasteiger partial charge is 0.416 e. The molecule has 34 heavy (non-hydrogen) atoms. The normalized spacial score (nSPS) is 17.5. The second-order valence-electron chi connectivity index (χ2n) is 8.74. The molecule has 1 aliphatic heterocycles. The van der Waals surface area contributed by atoms with Crippen molar-refractivity contribution in [2.24, 2.45) is 7.05 Å². The fourth-order valence-corrected chi connectivity index (χ4v) is 4.59. The van der Waals surface area contributed by atoms with Crippen molar-refractivity contribution in [1.82, 2.24) is 19.3 Å². The van der Waals surface area contributed by atoms with Gasteiger partial charge in [-0.15, -0.1) is 5.10 Å². The Kier molecular flexibility index (Phi) is 5.35. The van der Waals surface area contributed by atoms with E-state index < -0.39 is 17.8 Å². The van der Waals surface area contributed by atoms with Crippen molar-refractivity contribution in [2.75, 3.05) is 18.5 Å². The Labute approximate surface area is 193 Å². The number of aromatic nitrogens is 4. The Morgan fingerprint density at radius 2 is 1.91 bits per heavy atom. The van der Waals surface area contributed by atoms with Gasteiger partial charge >= 0.3 is 11.9 Å². The van der Waals surface area contributed by atoms with E-state index in [9.17, 15) is 18.0 Å². The third-order valence-corrected chi connectivity index (χ3v) is 6.51. The average Bonchev–Trinajstić information content (AvgIpc) is 3.41. The van der Waals surface area contributed by atoms with Gasteiger partial charge in [-0.05, 0) is 50.1 Å². The molecule has 1 aliphatic rings. The summed E-state index contributed by atoms with van der Waals surface area (Å²) in [7, 11) is 1.74. The molecule has 5 rings (SSSR count). The molecule has 0 amide bonds. The minimum Gasteiger partial charge on any atom is -0.379 e. The lowest BCUT2D eigenvalue weighted by molar-refractivity contribution is -0.137. The van der Waals surface area contributed by atoms with Gasteiger partial charge in [-0.3, -0.25) is 9.13 Å². The summed E-state index contributed by atoms with van der Waals surface area (Å²) in [5.41, 5.74) is 1.89. The first-order valence-electron chi connectivity index (χ1n) is 11.0. The molecule has 2 aromatic carbocycles. The number of rotatable bonds is 4. The molecule has 1 saturated heterocycles. The molecule has 10 heteroatoms. The van der Waals surface area contributed by atoms with Crippen molar-refractivity contribution in [1.29, 1.82) is 0 Å². The molecule has 2 unspecified atom stereocenters. The molecule has 4 aromatic rings. The van der Waals surface area contributed by atoms with Gasteiger partial charge in [0.15, 0.2) is 5.82 Å². The van der Waals surface area contributed by atoms with E-state index in [0.29, 0.717) is 30.3 Å². The number of benzene rings is 2. The number of imidazole rings is 1. The smallest absolute Gasteiger partial charge is 0.379 e. The van der Waals surface area contributed by atoms with E-state index in [1.54, 1.807) is 29.2 Å². The summed E-state index contributed by atoms with van der Waals surface area (Å²) in [6.45, 7) is 4.69. The van der Waals surface area contributed by atoms with E-state index in [4.69, 9.17) is 4.74 Å². The van der Waals surface area contributed by atoms with Crippen LogP contribution < -0.4 is 11.0 Å². The lowest BCUT2D eigenvalue weighted by atomic mass is 10.0. The number of aryl methyl sites for hydroxylation is 2. The maximum atomic E-state index is 13.2. The summed E-state index contributed by atoms with van der Waals surface area (Å²) in [5, 5.41) is 13.3. The SMILES string of the molecule is Cc1nnc(NC(C)c2cccc(C(F)(F)F)c2)c2cc3c(cc12)n(C)c(=O)n3C1CCOC1. The predicted octanol–water partition coefficient (Wildman–Crippen LogP) is 4.74. The third-order valence-electron chi connectivity index (χ3n) is 6.51. The van der Waals surface area contributed by atoms with Gasteiger partial charge in [-0.1, -0.05) is 12.1 Å². The maximum Gasteiger partial charge on any atom is 0.416 e. The number of ether oxygens (including phenoxy) is 1. The third kappa shape index (κ3) is 3.71. The Bertz CT molecular complexity index is 1450. The van der Waals surface area contributed by atoms with E-state index in [2.05, 4.69) is 15.5 Å². The molecule has 0 bridgehead atoms. The highest BCUT2D eigenvalue weighted by Crippen LogP contribution is 2.34. The fraction of sp³-hybridized carbons (Fsp3) is 0.375. The Hall–Kier alpha value is -3.40. The lowest BCUT2D eigenvalue weighted by Gasteiger charge is -2.18. The summed E-state index contributed by atoms with van der Waals surface area (Å²) in [5.74, 6) is 0.443. The Morgan fingerprint density at radius 1 is 1.15 bits per heavy atom. The van der Waals surface area contributed by atoms with Crippen molar-refractivity contribution in [2.45, 2.75) is 38.5 Å². The first kappa shape index (κ1) is 22.4. The molecular weight excluding hydrogens is 447 g/mol. The fourth-order valence-electron chi connectivity index (χ4n) is 4.59. The summed E-state index contributed by atoms with van der Waals surface area (Å²) < 4.78 is 48.4. The zero-order chi connectivity index (χ0) is 24.2. The van der Waals surface area contributed by atoms with E-state index in [1.807, 2.05) is 19.1 Å². The average molecular weight is 471 g/mol. The van der Waals surface area contributed by atoms with Crippen LogP contribution in [0.4, 0.5) is 19.0 Å². The van der Waals surface area contributed by atoms with Gasteiger partial charge in [0, 0.05) is 24.4 Å². The molecule has 7 nitrogen and oxygen atoms in total. The molecule has 178 valence electrons. The predicted molar refractivity (Wildman–Crippen MR) is 123 cm³/mol. The monoisotopic (exact) mass is 471 g/mol.